The van der Waals surface area contributed by atoms with Gasteiger partial charge in [-0.05, 0) is 13.3 Å². The van der Waals surface area contributed by atoms with Crippen LogP contribution in [0.15, 0.2) is 6.20 Å². The van der Waals surface area contributed by atoms with Gasteiger partial charge in [0, 0.05) is 44.9 Å². The smallest absolute Gasteiger partial charge is 0.224 e. The van der Waals surface area contributed by atoms with Crippen molar-refractivity contribution < 1.29 is 4.79 Å². The summed E-state index contributed by atoms with van der Waals surface area (Å²) in [7, 11) is 3.63. The molecule has 1 aliphatic rings. The summed E-state index contributed by atoms with van der Waals surface area (Å²) in [4.78, 5) is 21.7. The number of piperidine rings is 1. The Morgan fingerprint density at radius 3 is 2.94 bits per heavy atom. The van der Waals surface area contributed by atoms with Gasteiger partial charge in [-0.15, -0.1) is 0 Å². The number of hydrogen-bond acceptors (Lipinski definition) is 5. The number of carbonyl (C=O) groups is 1. The molecule has 1 aromatic heterocycles. The van der Waals surface area contributed by atoms with E-state index in [0.717, 1.165) is 24.3 Å². The van der Waals surface area contributed by atoms with Crippen molar-refractivity contribution in [1.82, 2.24) is 14.9 Å². The van der Waals surface area contributed by atoms with Gasteiger partial charge < -0.3 is 15.5 Å². The number of nitrogens with zero attached hydrogens (tertiary/aromatic N) is 3. The van der Waals surface area contributed by atoms with E-state index in [-0.39, 0.29) is 11.9 Å². The second-order valence-electron chi connectivity index (χ2n) is 4.63. The number of amides is 1. The molecule has 6 nitrogen and oxygen atoms in total. The number of nitrogens with one attached hydrogen (secondary N) is 2. The summed E-state index contributed by atoms with van der Waals surface area (Å²) >= 11 is 0. The van der Waals surface area contributed by atoms with Gasteiger partial charge in [-0.1, -0.05) is 0 Å². The maximum atomic E-state index is 11.4. The third-order valence-corrected chi connectivity index (χ3v) is 3.16. The Morgan fingerprint density at radius 2 is 2.28 bits per heavy atom. The highest BCUT2D eigenvalue weighted by Crippen LogP contribution is 2.18. The molecule has 6 heteroatoms. The first-order valence-corrected chi connectivity index (χ1v) is 6.12. The number of carbonyl (C=O) groups excluding carboxylic acids is 1. The zero-order valence-electron chi connectivity index (χ0n) is 11.0. The molecule has 2 heterocycles. The Kier molecular flexibility index (Phi) is 3.64. The Labute approximate surface area is 107 Å². The Bertz CT molecular complexity index is 448. The second-order valence-corrected chi connectivity index (χ2v) is 4.63. The minimum Gasteiger partial charge on any atom is -0.365 e. The average molecular weight is 249 g/mol. The van der Waals surface area contributed by atoms with Gasteiger partial charge in [0.05, 0.1) is 0 Å². The SMILES string of the molecule is CNc1ncc(C)c(NC2CCC(=O)N(C)C2)n1. The number of likely N-dealkylation sites (tertiary alicyclic amines) is 1. The van der Waals surface area contributed by atoms with E-state index in [2.05, 4.69) is 20.6 Å². The minimum atomic E-state index is 0.211. The summed E-state index contributed by atoms with van der Waals surface area (Å²) < 4.78 is 0. The van der Waals surface area contributed by atoms with E-state index in [0.29, 0.717) is 12.4 Å². The number of anilines is 2. The summed E-state index contributed by atoms with van der Waals surface area (Å²) in [5, 5.41) is 6.31. The third kappa shape index (κ3) is 2.69. The highest BCUT2D eigenvalue weighted by Gasteiger charge is 2.23. The van der Waals surface area contributed by atoms with Crippen LogP contribution in [0.25, 0.3) is 0 Å². The molecule has 1 aromatic rings. The van der Waals surface area contributed by atoms with E-state index in [1.54, 1.807) is 18.1 Å². The van der Waals surface area contributed by atoms with Crippen molar-refractivity contribution in [1.29, 1.82) is 0 Å². The van der Waals surface area contributed by atoms with Crippen LogP contribution in [0.2, 0.25) is 0 Å². The molecule has 2 N–H and O–H groups in total. The lowest BCUT2D eigenvalue weighted by atomic mass is 10.1. The van der Waals surface area contributed by atoms with E-state index in [1.807, 2.05) is 14.0 Å². The summed E-state index contributed by atoms with van der Waals surface area (Å²) in [6.07, 6.45) is 3.23. The van der Waals surface area contributed by atoms with Crippen LogP contribution in [0.1, 0.15) is 18.4 Å². The van der Waals surface area contributed by atoms with Gasteiger partial charge in [0.15, 0.2) is 0 Å². The van der Waals surface area contributed by atoms with Crippen LogP contribution in [0.4, 0.5) is 11.8 Å². The molecule has 1 aliphatic heterocycles. The molecule has 98 valence electrons. The van der Waals surface area contributed by atoms with Gasteiger partial charge in [-0.2, -0.15) is 4.98 Å². The summed E-state index contributed by atoms with van der Waals surface area (Å²) in [5.74, 6) is 1.65. The first kappa shape index (κ1) is 12.6. The quantitative estimate of drug-likeness (QED) is 0.831. The van der Waals surface area contributed by atoms with Crippen LogP contribution in [0.3, 0.4) is 0 Å². The van der Waals surface area contributed by atoms with Gasteiger partial charge in [0.1, 0.15) is 5.82 Å². The fraction of sp³-hybridized carbons (Fsp3) is 0.583. The Morgan fingerprint density at radius 1 is 1.50 bits per heavy atom. The van der Waals surface area contributed by atoms with Crippen molar-refractivity contribution in [3.63, 3.8) is 0 Å². The molecule has 2 rings (SSSR count). The maximum absolute atomic E-state index is 11.4. The van der Waals surface area contributed by atoms with E-state index in [9.17, 15) is 4.79 Å². The molecule has 1 saturated heterocycles. The molecule has 1 amide bonds. The second kappa shape index (κ2) is 5.20. The predicted molar refractivity (Wildman–Crippen MR) is 70.6 cm³/mol. The first-order chi connectivity index (χ1) is 8.60. The van der Waals surface area contributed by atoms with E-state index in [4.69, 9.17) is 0 Å². The van der Waals surface area contributed by atoms with Crippen LogP contribution >= 0.6 is 0 Å². The highest BCUT2D eigenvalue weighted by atomic mass is 16.2. The summed E-state index contributed by atoms with van der Waals surface area (Å²) in [5.41, 5.74) is 1.01. The molecule has 0 aliphatic carbocycles. The Balaban J connectivity index is 2.07. The zero-order valence-corrected chi connectivity index (χ0v) is 11.0. The number of hydrogen-bond donors (Lipinski definition) is 2. The summed E-state index contributed by atoms with van der Waals surface area (Å²) in [6.45, 7) is 2.69. The van der Waals surface area contributed by atoms with E-state index >= 15 is 0 Å². The zero-order chi connectivity index (χ0) is 13.1. The number of aromatic nitrogens is 2. The van der Waals surface area contributed by atoms with E-state index < -0.39 is 0 Å². The van der Waals surface area contributed by atoms with Gasteiger partial charge in [-0.25, -0.2) is 4.98 Å². The molecule has 0 bridgehead atoms. The Hall–Kier alpha value is -1.85. The fourth-order valence-electron chi connectivity index (χ4n) is 2.03. The molecular weight excluding hydrogens is 230 g/mol. The lowest BCUT2D eigenvalue weighted by Gasteiger charge is -2.30. The van der Waals surface area contributed by atoms with Crippen molar-refractivity contribution in [2.24, 2.45) is 0 Å². The molecular formula is C12H19N5O. The third-order valence-electron chi connectivity index (χ3n) is 3.16. The lowest BCUT2D eigenvalue weighted by Crippen LogP contribution is -2.43. The average Bonchev–Trinajstić information content (AvgIpc) is 2.36. The topological polar surface area (TPSA) is 70.2 Å². The van der Waals surface area contributed by atoms with Gasteiger partial charge in [-0.3, -0.25) is 4.79 Å². The first-order valence-electron chi connectivity index (χ1n) is 6.12. The standard InChI is InChI=1S/C12H19N5O/c1-8-6-14-12(13-2)16-11(8)15-9-4-5-10(18)17(3)7-9/h6,9H,4-5,7H2,1-3H3,(H2,13,14,15,16). The molecule has 1 unspecified atom stereocenters. The molecule has 1 fully saturated rings. The van der Waals surface area contributed by atoms with Crippen molar-refractivity contribution >= 4 is 17.7 Å². The molecule has 1 atom stereocenters. The monoisotopic (exact) mass is 249 g/mol. The fourth-order valence-corrected chi connectivity index (χ4v) is 2.03. The van der Waals surface area contributed by atoms with Crippen molar-refractivity contribution in [2.75, 3.05) is 31.3 Å². The van der Waals surface area contributed by atoms with Crippen LogP contribution in [-0.4, -0.2) is 47.5 Å². The van der Waals surface area contributed by atoms with Crippen LogP contribution in [-0.2, 0) is 4.79 Å². The van der Waals surface area contributed by atoms with E-state index in [1.165, 1.54) is 0 Å². The lowest BCUT2D eigenvalue weighted by molar-refractivity contribution is -0.132. The van der Waals surface area contributed by atoms with Gasteiger partial charge in [0.25, 0.3) is 0 Å². The largest absolute Gasteiger partial charge is 0.365 e. The van der Waals surface area contributed by atoms with Gasteiger partial charge in [0.2, 0.25) is 11.9 Å². The molecule has 0 saturated carbocycles. The maximum Gasteiger partial charge on any atom is 0.224 e. The van der Waals surface area contributed by atoms with Gasteiger partial charge >= 0.3 is 0 Å². The van der Waals surface area contributed by atoms with Crippen molar-refractivity contribution in [3.8, 4) is 0 Å². The van der Waals surface area contributed by atoms with Crippen LogP contribution in [0, 0.1) is 6.92 Å². The number of likely N-dealkylation sites (N-methyl/N-ethyl adjacent to an activating group) is 1. The van der Waals surface area contributed by atoms with Crippen LogP contribution in [0.5, 0.6) is 0 Å². The van der Waals surface area contributed by atoms with Crippen molar-refractivity contribution in [2.45, 2.75) is 25.8 Å². The summed E-state index contributed by atoms with van der Waals surface area (Å²) in [6, 6.07) is 0.256. The molecule has 0 radical (unpaired) electrons. The normalized spacial score (nSPS) is 19.8. The predicted octanol–water partition coefficient (Wildman–Crippen LogP) is 0.859. The molecule has 0 spiro atoms. The number of aryl methyl sites for hydroxylation is 1. The van der Waals surface area contributed by atoms with Crippen molar-refractivity contribution in [3.05, 3.63) is 11.8 Å². The highest BCUT2D eigenvalue weighted by molar-refractivity contribution is 5.77. The van der Waals surface area contributed by atoms with Crippen LogP contribution < -0.4 is 10.6 Å². The minimum absolute atomic E-state index is 0.211. The molecule has 18 heavy (non-hydrogen) atoms. The molecule has 0 aromatic carbocycles. The number of rotatable bonds is 3.